The maximum Gasteiger partial charge on any atom is 0.267 e. The van der Waals surface area contributed by atoms with Gasteiger partial charge in [0.25, 0.3) is 5.56 Å². The summed E-state index contributed by atoms with van der Waals surface area (Å²) in [5.74, 6) is 0.358. The zero-order valence-corrected chi connectivity index (χ0v) is 18.9. The van der Waals surface area contributed by atoms with Crippen LogP contribution < -0.4 is 10.9 Å². The lowest BCUT2D eigenvalue weighted by Gasteiger charge is -2.14. The lowest BCUT2D eigenvalue weighted by Crippen LogP contribution is -2.22. The predicted octanol–water partition coefficient (Wildman–Crippen LogP) is 3.84. The molecule has 2 aromatic carbocycles. The van der Waals surface area contributed by atoms with Crippen molar-refractivity contribution < 1.29 is 4.79 Å². The van der Waals surface area contributed by atoms with Crippen LogP contribution in [0.1, 0.15) is 11.1 Å². The third kappa shape index (κ3) is 3.57. The maximum absolute atomic E-state index is 13.5. The van der Waals surface area contributed by atoms with Crippen LogP contribution in [-0.4, -0.2) is 35.8 Å². The lowest BCUT2D eigenvalue weighted by atomic mass is 10.1. The molecule has 1 N–H and O–H groups in total. The van der Waals surface area contributed by atoms with Crippen LogP contribution in [0.4, 0.5) is 5.13 Å². The van der Waals surface area contributed by atoms with Crippen LogP contribution in [0.15, 0.2) is 64.0 Å². The van der Waals surface area contributed by atoms with Gasteiger partial charge in [-0.15, -0.1) is 21.5 Å². The molecule has 0 unspecified atom stereocenters. The number of nitrogens with zero attached hydrogens (tertiary/aromatic N) is 5. The first kappa shape index (κ1) is 20.4. The van der Waals surface area contributed by atoms with Crippen LogP contribution >= 0.6 is 23.1 Å². The molecule has 0 saturated heterocycles. The monoisotopic (exact) mass is 462 g/mol. The Morgan fingerprint density at radius 2 is 2.00 bits per heavy atom. The van der Waals surface area contributed by atoms with Crippen LogP contribution in [0.5, 0.6) is 0 Å². The molecule has 10 heteroatoms. The second kappa shape index (κ2) is 8.21. The molecule has 5 rings (SSSR count). The molecule has 0 bridgehead atoms. The second-order valence-electron chi connectivity index (χ2n) is 7.24. The first-order chi connectivity index (χ1) is 15.5. The maximum atomic E-state index is 13.5. The van der Waals surface area contributed by atoms with E-state index in [1.54, 1.807) is 22.2 Å². The quantitative estimate of drug-likeness (QED) is 0.399. The second-order valence-corrected chi connectivity index (χ2v) is 9.08. The van der Waals surface area contributed by atoms with Gasteiger partial charge < -0.3 is 5.32 Å². The molecule has 8 nitrogen and oxygen atoms in total. The number of thioether (sulfide) groups is 1. The van der Waals surface area contributed by atoms with Gasteiger partial charge in [0.2, 0.25) is 11.7 Å². The van der Waals surface area contributed by atoms with Crippen molar-refractivity contribution in [3.8, 4) is 5.69 Å². The average Bonchev–Trinajstić information content (AvgIpc) is 3.45. The molecule has 5 aromatic rings. The zero-order chi connectivity index (χ0) is 22.2. The Labute approximate surface area is 190 Å². The summed E-state index contributed by atoms with van der Waals surface area (Å²) in [7, 11) is 0. The van der Waals surface area contributed by atoms with E-state index < -0.39 is 0 Å². The van der Waals surface area contributed by atoms with Crippen molar-refractivity contribution in [1.29, 1.82) is 0 Å². The number of thiazole rings is 1. The van der Waals surface area contributed by atoms with Crippen molar-refractivity contribution >= 4 is 50.8 Å². The number of amides is 1. The molecule has 1 amide bonds. The molecule has 3 aromatic heterocycles. The number of para-hydroxylation sites is 1. The summed E-state index contributed by atoms with van der Waals surface area (Å²) in [6, 6.07) is 13.3. The van der Waals surface area contributed by atoms with E-state index in [-0.39, 0.29) is 17.2 Å². The Bertz CT molecular complexity index is 1520. The van der Waals surface area contributed by atoms with Crippen molar-refractivity contribution in [3.05, 3.63) is 75.5 Å². The Balaban J connectivity index is 1.64. The topological polar surface area (TPSA) is 94.2 Å². The fourth-order valence-corrected chi connectivity index (χ4v) is 4.81. The molecule has 0 fully saturated rings. The first-order valence-corrected chi connectivity index (χ1v) is 11.7. The van der Waals surface area contributed by atoms with Gasteiger partial charge in [0.15, 0.2) is 10.3 Å². The van der Waals surface area contributed by atoms with Crippen molar-refractivity contribution in [2.75, 3.05) is 11.1 Å². The number of aryl methyl sites for hydroxylation is 2. The van der Waals surface area contributed by atoms with E-state index in [0.717, 1.165) is 16.8 Å². The molecule has 0 aliphatic heterocycles. The predicted molar refractivity (Wildman–Crippen MR) is 127 cm³/mol. The molecule has 32 heavy (non-hydrogen) atoms. The van der Waals surface area contributed by atoms with Crippen molar-refractivity contribution in [2.45, 2.75) is 19.0 Å². The van der Waals surface area contributed by atoms with Crippen LogP contribution in [0.3, 0.4) is 0 Å². The summed E-state index contributed by atoms with van der Waals surface area (Å²) in [6.45, 7) is 3.94. The Morgan fingerprint density at radius 3 is 2.81 bits per heavy atom. The SMILES string of the molecule is Cc1ccc(C)c(-n2c(=O)c3ccccc3n3c(SCC(=O)Nc4nccs4)nnc23)c1. The number of aromatic nitrogens is 5. The number of hydrogen-bond donors (Lipinski definition) is 1. The third-order valence-electron chi connectivity index (χ3n) is 5.01. The third-order valence-corrected chi connectivity index (χ3v) is 6.63. The molecule has 0 atom stereocenters. The first-order valence-electron chi connectivity index (χ1n) is 9.81. The zero-order valence-electron chi connectivity index (χ0n) is 17.3. The van der Waals surface area contributed by atoms with Gasteiger partial charge in [-0.1, -0.05) is 36.0 Å². The molecule has 0 aliphatic carbocycles. The molecular formula is C22H18N6O2S2. The standard InChI is InChI=1S/C22H18N6O2S2/c1-13-7-8-14(2)17(11-13)27-19(30)15-5-3-4-6-16(15)28-21(27)25-26-22(28)32-12-18(29)24-20-23-9-10-31-20/h3-11H,12H2,1-2H3,(H,23,24,29). The molecule has 0 aliphatic rings. The minimum absolute atomic E-state index is 0.136. The van der Waals surface area contributed by atoms with Gasteiger partial charge >= 0.3 is 0 Å². The van der Waals surface area contributed by atoms with Gasteiger partial charge in [0.05, 0.1) is 22.3 Å². The van der Waals surface area contributed by atoms with Crippen LogP contribution in [0, 0.1) is 13.8 Å². The minimum atomic E-state index is -0.186. The Hall–Kier alpha value is -3.50. The minimum Gasteiger partial charge on any atom is -0.301 e. The van der Waals surface area contributed by atoms with Gasteiger partial charge in [0.1, 0.15) is 0 Å². The summed E-state index contributed by atoms with van der Waals surface area (Å²) < 4.78 is 3.43. The van der Waals surface area contributed by atoms with Crippen LogP contribution in [0.2, 0.25) is 0 Å². The van der Waals surface area contributed by atoms with Gasteiger partial charge in [0, 0.05) is 11.6 Å². The summed E-state index contributed by atoms with van der Waals surface area (Å²) in [6.07, 6.45) is 1.64. The van der Waals surface area contributed by atoms with Gasteiger partial charge in [-0.2, -0.15) is 0 Å². The van der Waals surface area contributed by atoms with E-state index in [1.807, 2.05) is 54.6 Å². The van der Waals surface area contributed by atoms with Crippen LogP contribution in [-0.2, 0) is 4.79 Å². The number of fused-ring (bicyclic) bond motifs is 3. The number of benzene rings is 2. The smallest absolute Gasteiger partial charge is 0.267 e. The van der Waals surface area contributed by atoms with E-state index in [2.05, 4.69) is 20.5 Å². The number of hydrogen-bond acceptors (Lipinski definition) is 7. The summed E-state index contributed by atoms with van der Waals surface area (Å²) in [5.41, 5.74) is 3.29. The highest BCUT2D eigenvalue weighted by Crippen LogP contribution is 2.25. The van der Waals surface area contributed by atoms with Crippen molar-refractivity contribution in [3.63, 3.8) is 0 Å². The van der Waals surface area contributed by atoms with E-state index in [4.69, 9.17) is 0 Å². The van der Waals surface area contributed by atoms with Crippen molar-refractivity contribution in [1.82, 2.24) is 24.1 Å². The molecular weight excluding hydrogens is 444 g/mol. The van der Waals surface area contributed by atoms with E-state index in [9.17, 15) is 9.59 Å². The van der Waals surface area contributed by atoms with E-state index >= 15 is 0 Å². The summed E-state index contributed by atoms with van der Waals surface area (Å²) in [5, 5.41) is 14.9. The Kier molecular flexibility index (Phi) is 5.24. The summed E-state index contributed by atoms with van der Waals surface area (Å²) >= 11 is 2.62. The average molecular weight is 463 g/mol. The highest BCUT2D eigenvalue weighted by molar-refractivity contribution is 7.99. The lowest BCUT2D eigenvalue weighted by molar-refractivity contribution is -0.113. The van der Waals surface area contributed by atoms with Crippen molar-refractivity contribution in [2.24, 2.45) is 0 Å². The summed E-state index contributed by atoms with van der Waals surface area (Å²) in [4.78, 5) is 29.9. The molecule has 0 spiro atoms. The Morgan fingerprint density at radius 1 is 1.16 bits per heavy atom. The number of nitrogens with one attached hydrogen (secondary N) is 1. The van der Waals surface area contributed by atoms with Crippen LogP contribution in [0.25, 0.3) is 22.4 Å². The highest BCUT2D eigenvalue weighted by atomic mass is 32.2. The fourth-order valence-electron chi connectivity index (χ4n) is 3.52. The molecule has 160 valence electrons. The fraction of sp³-hybridized carbons (Fsp3) is 0.136. The largest absolute Gasteiger partial charge is 0.301 e. The number of carbonyl (C=O) groups is 1. The van der Waals surface area contributed by atoms with E-state index in [1.165, 1.54) is 23.1 Å². The molecule has 0 saturated carbocycles. The number of anilines is 1. The van der Waals surface area contributed by atoms with Gasteiger partial charge in [-0.25, -0.2) is 9.55 Å². The number of carbonyl (C=O) groups excluding carboxylic acids is 1. The number of rotatable bonds is 5. The van der Waals surface area contributed by atoms with Gasteiger partial charge in [-0.05, 0) is 43.2 Å². The van der Waals surface area contributed by atoms with E-state index in [0.29, 0.717) is 27.0 Å². The molecule has 0 radical (unpaired) electrons. The highest BCUT2D eigenvalue weighted by Gasteiger charge is 2.19. The van der Waals surface area contributed by atoms with Gasteiger partial charge in [-0.3, -0.25) is 14.0 Å². The normalized spacial score (nSPS) is 11.3. The molecule has 3 heterocycles.